The minimum absolute atomic E-state index is 0.0127. The number of carbonyl (C=O) groups excluding carboxylic acids is 2. The highest BCUT2D eigenvalue weighted by Crippen LogP contribution is 2.35. The number of fused-ring (bicyclic) bond motifs is 3. The van der Waals surface area contributed by atoms with Crippen LogP contribution in [0.1, 0.15) is 60.6 Å². The van der Waals surface area contributed by atoms with Gasteiger partial charge in [-0.3, -0.25) is 4.79 Å². The molecule has 1 N–H and O–H groups in total. The SMILES string of the molecule is O=C(O[C@@H](C(=O)NC1CC1)c1ccccc1)c1ccc2c(c1)S(=O)(=O)N=C1CCCCCN12. The van der Waals surface area contributed by atoms with Gasteiger partial charge >= 0.3 is 5.97 Å². The molecule has 2 aliphatic heterocycles. The van der Waals surface area contributed by atoms with E-state index >= 15 is 0 Å². The lowest BCUT2D eigenvalue weighted by Crippen LogP contribution is -2.35. The summed E-state index contributed by atoms with van der Waals surface area (Å²) in [6, 6.07) is 13.4. The molecule has 1 atom stereocenters. The predicted molar refractivity (Wildman–Crippen MR) is 123 cm³/mol. The fourth-order valence-corrected chi connectivity index (χ4v) is 5.47. The van der Waals surface area contributed by atoms with E-state index in [4.69, 9.17) is 4.74 Å². The van der Waals surface area contributed by atoms with Gasteiger partial charge in [0.25, 0.3) is 15.9 Å². The lowest BCUT2D eigenvalue weighted by Gasteiger charge is -2.29. The van der Waals surface area contributed by atoms with Gasteiger partial charge in [-0.2, -0.15) is 8.42 Å². The van der Waals surface area contributed by atoms with Crippen molar-refractivity contribution in [3.05, 3.63) is 59.7 Å². The Bertz CT molecular complexity index is 1220. The molecule has 2 fully saturated rings. The fraction of sp³-hybridized carbons (Fsp3) is 0.375. The Kier molecular flexibility index (Phi) is 5.65. The summed E-state index contributed by atoms with van der Waals surface area (Å²) in [6.07, 6.45) is 4.15. The number of nitrogens with one attached hydrogen (secondary N) is 1. The monoisotopic (exact) mass is 467 g/mol. The largest absolute Gasteiger partial charge is 0.444 e. The number of amides is 1. The Labute approximate surface area is 192 Å². The van der Waals surface area contributed by atoms with Crippen molar-refractivity contribution in [2.24, 2.45) is 4.40 Å². The smallest absolute Gasteiger partial charge is 0.339 e. The Morgan fingerprint density at radius 3 is 2.61 bits per heavy atom. The lowest BCUT2D eigenvalue weighted by atomic mass is 10.1. The maximum atomic E-state index is 13.0. The molecule has 1 saturated carbocycles. The first kappa shape index (κ1) is 21.6. The maximum absolute atomic E-state index is 13.0. The summed E-state index contributed by atoms with van der Waals surface area (Å²) in [5.41, 5.74) is 1.14. The van der Waals surface area contributed by atoms with E-state index in [9.17, 15) is 18.0 Å². The Hall–Kier alpha value is -3.20. The molecule has 2 aromatic carbocycles. The van der Waals surface area contributed by atoms with Gasteiger partial charge in [0.1, 0.15) is 10.7 Å². The van der Waals surface area contributed by atoms with Crippen LogP contribution in [0.5, 0.6) is 0 Å². The standard InChI is InChI=1S/C24H25N3O5S/c28-23(25-18-11-12-18)22(16-7-3-1-4-8-16)32-24(29)17-10-13-19-20(15-17)33(30,31)26-21-9-5-2-6-14-27(19)21/h1,3-4,7-8,10,13,15,18,22H,2,5-6,9,11-12,14H2,(H,25,28)/t22-/m1/s1. The molecule has 5 rings (SSSR count). The molecule has 1 saturated heterocycles. The zero-order valence-electron chi connectivity index (χ0n) is 18.1. The molecule has 33 heavy (non-hydrogen) atoms. The summed E-state index contributed by atoms with van der Waals surface area (Å²) < 4.78 is 35.3. The van der Waals surface area contributed by atoms with E-state index in [1.807, 2.05) is 11.0 Å². The quantitative estimate of drug-likeness (QED) is 0.676. The molecule has 172 valence electrons. The van der Waals surface area contributed by atoms with Crippen molar-refractivity contribution in [2.75, 3.05) is 11.4 Å². The number of amidine groups is 1. The lowest BCUT2D eigenvalue weighted by molar-refractivity contribution is -0.130. The highest BCUT2D eigenvalue weighted by atomic mass is 32.2. The molecule has 0 aromatic heterocycles. The number of anilines is 1. The average Bonchev–Trinajstić information content (AvgIpc) is 3.64. The van der Waals surface area contributed by atoms with Crippen molar-refractivity contribution in [3.8, 4) is 0 Å². The van der Waals surface area contributed by atoms with Crippen LogP contribution in [0.15, 0.2) is 57.8 Å². The van der Waals surface area contributed by atoms with Crippen LogP contribution in [0.2, 0.25) is 0 Å². The van der Waals surface area contributed by atoms with Crippen LogP contribution in [0.4, 0.5) is 5.69 Å². The van der Waals surface area contributed by atoms with E-state index in [0.717, 1.165) is 32.1 Å². The predicted octanol–water partition coefficient (Wildman–Crippen LogP) is 3.34. The molecule has 1 amide bonds. The maximum Gasteiger partial charge on any atom is 0.339 e. The molecule has 9 heteroatoms. The third-order valence-electron chi connectivity index (χ3n) is 6.07. The number of carbonyl (C=O) groups is 2. The summed E-state index contributed by atoms with van der Waals surface area (Å²) >= 11 is 0. The molecule has 1 aliphatic carbocycles. The number of hydrogen-bond donors (Lipinski definition) is 1. The first-order valence-electron chi connectivity index (χ1n) is 11.2. The Morgan fingerprint density at radius 1 is 1.06 bits per heavy atom. The van der Waals surface area contributed by atoms with Crippen LogP contribution in [0.25, 0.3) is 0 Å². The van der Waals surface area contributed by atoms with Gasteiger partial charge in [-0.1, -0.05) is 36.8 Å². The number of benzene rings is 2. The molecule has 3 aliphatic rings. The first-order valence-corrected chi connectivity index (χ1v) is 12.7. The van der Waals surface area contributed by atoms with Crippen LogP contribution in [-0.2, 0) is 19.6 Å². The van der Waals surface area contributed by atoms with Crippen LogP contribution in [0.3, 0.4) is 0 Å². The summed E-state index contributed by atoms with van der Waals surface area (Å²) in [7, 11) is -3.93. The van der Waals surface area contributed by atoms with Crippen molar-refractivity contribution in [1.82, 2.24) is 5.32 Å². The average molecular weight is 468 g/mol. The van der Waals surface area contributed by atoms with Crippen molar-refractivity contribution >= 4 is 33.4 Å². The number of sulfonamides is 1. The van der Waals surface area contributed by atoms with Crippen molar-refractivity contribution < 1.29 is 22.7 Å². The normalized spacial score (nSPS) is 19.9. The van der Waals surface area contributed by atoms with E-state index in [0.29, 0.717) is 30.1 Å². The van der Waals surface area contributed by atoms with E-state index in [-0.39, 0.29) is 22.4 Å². The number of ether oxygens (including phenoxy) is 1. The highest BCUT2D eigenvalue weighted by Gasteiger charge is 2.34. The molecule has 0 radical (unpaired) electrons. The molecular formula is C24H25N3O5S. The van der Waals surface area contributed by atoms with Gasteiger partial charge in [0.2, 0.25) is 6.10 Å². The highest BCUT2D eigenvalue weighted by molar-refractivity contribution is 7.90. The van der Waals surface area contributed by atoms with Gasteiger partial charge in [-0.15, -0.1) is 4.40 Å². The molecule has 0 spiro atoms. The number of rotatable bonds is 5. The van der Waals surface area contributed by atoms with Gasteiger partial charge in [0, 0.05) is 24.6 Å². The molecule has 0 bridgehead atoms. The molecule has 8 nitrogen and oxygen atoms in total. The summed E-state index contributed by atoms with van der Waals surface area (Å²) in [5.74, 6) is -0.601. The third-order valence-corrected chi connectivity index (χ3v) is 7.41. The zero-order valence-corrected chi connectivity index (χ0v) is 18.9. The van der Waals surface area contributed by atoms with E-state index < -0.39 is 22.1 Å². The van der Waals surface area contributed by atoms with Crippen LogP contribution in [-0.4, -0.2) is 38.7 Å². The second kappa shape index (κ2) is 8.62. The Balaban J connectivity index is 1.44. The zero-order chi connectivity index (χ0) is 23.0. The minimum atomic E-state index is -3.93. The van der Waals surface area contributed by atoms with Gasteiger partial charge in [-0.05, 0) is 43.9 Å². The molecule has 2 aromatic rings. The van der Waals surface area contributed by atoms with E-state index in [2.05, 4.69) is 9.71 Å². The van der Waals surface area contributed by atoms with Crippen LogP contribution < -0.4 is 10.2 Å². The fourth-order valence-electron chi connectivity index (χ4n) is 4.19. The number of nitrogens with zero attached hydrogens (tertiary/aromatic N) is 2. The first-order chi connectivity index (χ1) is 15.9. The van der Waals surface area contributed by atoms with Gasteiger partial charge in [-0.25, -0.2) is 4.79 Å². The van der Waals surface area contributed by atoms with Crippen molar-refractivity contribution in [2.45, 2.75) is 55.6 Å². The van der Waals surface area contributed by atoms with Gasteiger partial charge < -0.3 is 15.0 Å². The summed E-state index contributed by atoms with van der Waals surface area (Å²) in [6.45, 7) is 0.683. The Morgan fingerprint density at radius 2 is 1.85 bits per heavy atom. The molecule has 2 heterocycles. The van der Waals surface area contributed by atoms with E-state index in [1.54, 1.807) is 36.4 Å². The third kappa shape index (κ3) is 4.50. The topological polar surface area (TPSA) is 105 Å². The molecular weight excluding hydrogens is 442 g/mol. The summed E-state index contributed by atoms with van der Waals surface area (Å²) in [4.78, 5) is 27.7. The van der Waals surface area contributed by atoms with Gasteiger partial charge in [0.15, 0.2) is 0 Å². The second-order valence-electron chi connectivity index (χ2n) is 8.61. The van der Waals surface area contributed by atoms with Crippen molar-refractivity contribution in [3.63, 3.8) is 0 Å². The second-order valence-corrected chi connectivity index (χ2v) is 10.2. The summed E-state index contributed by atoms with van der Waals surface area (Å²) in [5, 5.41) is 2.87. The van der Waals surface area contributed by atoms with Crippen LogP contribution >= 0.6 is 0 Å². The van der Waals surface area contributed by atoms with Crippen molar-refractivity contribution in [1.29, 1.82) is 0 Å². The molecule has 0 unspecified atom stereocenters. The van der Waals surface area contributed by atoms with Crippen LogP contribution in [0, 0.1) is 0 Å². The number of esters is 1. The van der Waals surface area contributed by atoms with E-state index in [1.165, 1.54) is 6.07 Å². The van der Waals surface area contributed by atoms with Gasteiger partial charge in [0.05, 0.1) is 11.3 Å². The minimum Gasteiger partial charge on any atom is -0.444 e. The number of hydrogen-bond acceptors (Lipinski definition) is 6.